The number of ether oxygens (including phenoxy) is 1. The second kappa shape index (κ2) is 5.09. The molecule has 0 unspecified atom stereocenters. The number of rotatable bonds is 2. The van der Waals surface area contributed by atoms with Crippen molar-refractivity contribution in [3.63, 3.8) is 0 Å². The van der Waals surface area contributed by atoms with Crippen LogP contribution in [0.3, 0.4) is 0 Å². The molecule has 10 heavy (non-hydrogen) atoms. The molecule has 0 fully saturated rings. The van der Waals surface area contributed by atoms with Gasteiger partial charge in [-0.25, -0.2) is 0 Å². The van der Waals surface area contributed by atoms with E-state index in [1.54, 1.807) is 0 Å². The van der Waals surface area contributed by atoms with Crippen molar-refractivity contribution in [2.75, 3.05) is 5.94 Å². The van der Waals surface area contributed by atoms with Crippen molar-refractivity contribution in [3.8, 4) is 0 Å². The molecule has 0 heterocycles. The first-order valence-corrected chi connectivity index (χ1v) is 3.61. The molecule has 0 rings (SSSR count). The van der Waals surface area contributed by atoms with Crippen LogP contribution in [0.1, 0.15) is 6.92 Å². The second-order valence-corrected chi connectivity index (χ2v) is 2.74. The molecule has 0 radical (unpaired) electrons. The van der Waals surface area contributed by atoms with Gasteiger partial charge in [-0.2, -0.15) is 8.42 Å². The summed E-state index contributed by atoms with van der Waals surface area (Å²) in [7, 11) is -4.16. The molecule has 0 aliphatic heterocycles. The van der Waals surface area contributed by atoms with Crippen molar-refractivity contribution < 1.29 is 22.5 Å². The third kappa shape index (κ3) is 11.2. The van der Waals surface area contributed by atoms with Crippen LogP contribution in [-0.4, -0.2) is 54.4 Å². The fraction of sp³-hybridized carbons (Fsp3) is 0.667. The summed E-state index contributed by atoms with van der Waals surface area (Å²) in [5.41, 5.74) is 0. The first-order chi connectivity index (χ1) is 3.92. The zero-order valence-electron chi connectivity index (χ0n) is 4.70. The monoisotopic (exact) mass is 178 g/mol. The molecule has 0 atom stereocenters. The Balaban J connectivity index is 0. The zero-order chi connectivity index (χ0) is 7.49. The molecular formula is C3H7NaO5S. The molecular weight excluding hydrogens is 171 g/mol. The summed E-state index contributed by atoms with van der Waals surface area (Å²) in [4.78, 5) is 9.89. The van der Waals surface area contributed by atoms with Crippen molar-refractivity contribution >= 4 is 45.6 Å². The molecule has 0 amide bonds. The fourth-order valence-electron chi connectivity index (χ4n) is 0.157. The summed E-state index contributed by atoms with van der Waals surface area (Å²) < 4.78 is 31.5. The molecule has 0 aliphatic carbocycles. The van der Waals surface area contributed by atoms with E-state index in [2.05, 4.69) is 4.74 Å². The standard InChI is InChI=1S/C3H6O5S.Na.H/c1-3(4)8-2-9(5,6)7;;/h2H2,1H3,(H,5,6,7);;. The number of carbonyl (C=O) groups is 1. The van der Waals surface area contributed by atoms with Crippen molar-refractivity contribution in [1.29, 1.82) is 0 Å². The summed E-state index contributed by atoms with van der Waals surface area (Å²) in [5, 5.41) is 0. The van der Waals surface area contributed by atoms with Gasteiger partial charge in [0.15, 0.2) is 0 Å². The number of hydrogen-bond donors (Lipinski definition) is 1. The van der Waals surface area contributed by atoms with Gasteiger partial charge in [0.2, 0.25) is 5.94 Å². The zero-order valence-corrected chi connectivity index (χ0v) is 5.51. The maximum atomic E-state index is 9.89. The van der Waals surface area contributed by atoms with Crippen molar-refractivity contribution in [3.05, 3.63) is 0 Å². The molecule has 0 saturated heterocycles. The number of hydrogen-bond acceptors (Lipinski definition) is 4. The van der Waals surface area contributed by atoms with E-state index in [9.17, 15) is 13.2 Å². The fourth-order valence-corrected chi connectivity index (χ4v) is 0.472. The average Bonchev–Trinajstić information content (AvgIpc) is 1.59. The van der Waals surface area contributed by atoms with Gasteiger partial charge < -0.3 is 4.74 Å². The van der Waals surface area contributed by atoms with Gasteiger partial charge >= 0.3 is 45.6 Å². The van der Waals surface area contributed by atoms with Gasteiger partial charge in [-0.05, 0) is 0 Å². The minimum atomic E-state index is -4.16. The van der Waals surface area contributed by atoms with E-state index in [1.807, 2.05) is 0 Å². The van der Waals surface area contributed by atoms with Crippen LogP contribution in [0.4, 0.5) is 0 Å². The Bertz CT molecular complexity index is 195. The van der Waals surface area contributed by atoms with Gasteiger partial charge in [-0.3, -0.25) is 9.35 Å². The van der Waals surface area contributed by atoms with Crippen molar-refractivity contribution in [2.45, 2.75) is 6.92 Å². The second-order valence-electron chi connectivity index (χ2n) is 1.34. The Labute approximate surface area is 80.8 Å². The molecule has 0 aromatic rings. The summed E-state index contributed by atoms with van der Waals surface area (Å²) in [6.07, 6.45) is 0. The molecule has 0 aliphatic rings. The van der Waals surface area contributed by atoms with Crippen LogP contribution in [0.25, 0.3) is 0 Å². The Kier molecular flexibility index (Phi) is 6.61. The summed E-state index contributed by atoms with van der Waals surface area (Å²) >= 11 is 0. The first kappa shape index (κ1) is 13.0. The summed E-state index contributed by atoms with van der Waals surface area (Å²) in [6, 6.07) is 0. The van der Waals surface area contributed by atoms with Crippen LogP contribution < -0.4 is 0 Å². The quantitative estimate of drug-likeness (QED) is 0.324. The molecule has 0 bridgehead atoms. The van der Waals surface area contributed by atoms with Crippen LogP contribution in [0.5, 0.6) is 0 Å². The van der Waals surface area contributed by atoms with Gasteiger partial charge in [-0.1, -0.05) is 0 Å². The van der Waals surface area contributed by atoms with E-state index in [0.717, 1.165) is 6.92 Å². The van der Waals surface area contributed by atoms with Crippen LogP contribution in [0, 0.1) is 0 Å². The van der Waals surface area contributed by atoms with Crippen molar-refractivity contribution in [2.24, 2.45) is 0 Å². The van der Waals surface area contributed by atoms with Crippen LogP contribution in [0.15, 0.2) is 0 Å². The van der Waals surface area contributed by atoms with E-state index < -0.39 is 22.0 Å². The Morgan fingerprint density at radius 3 is 2.10 bits per heavy atom. The van der Waals surface area contributed by atoms with Crippen LogP contribution in [-0.2, 0) is 19.6 Å². The average molecular weight is 178 g/mol. The topological polar surface area (TPSA) is 80.7 Å². The van der Waals surface area contributed by atoms with Crippen molar-refractivity contribution in [1.82, 2.24) is 0 Å². The molecule has 0 aromatic heterocycles. The number of carbonyl (C=O) groups excluding carboxylic acids is 1. The maximum absolute atomic E-state index is 9.89. The Morgan fingerprint density at radius 2 is 2.00 bits per heavy atom. The summed E-state index contributed by atoms with van der Waals surface area (Å²) in [5.74, 6) is -1.71. The molecule has 5 nitrogen and oxygen atoms in total. The van der Waals surface area contributed by atoms with E-state index >= 15 is 0 Å². The minimum absolute atomic E-state index is 0. The van der Waals surface area contributed by atoms with Crippen LogP contribution in [0.2, 0.25) is 0 Å². The molecule has 0 spiro atoms. The Morgan fingerprint density at radius 1 is 1.60 bits per heavy atom. The van der Waals surface area contributed by atoms with Gasteiger partial charge in [-0.15, -0.1) is 0 Å². The summed E-state index contributed by atoms with van der Waals surface area (Å²) in [6.45, 7) is 1.05. The number of esters is 1. The third-order valence-electron chi connectivity index (χ3n) is 0.411. The normalized spacial score (nSPS) is 9.80. The predicted molar refractivity (Wildman–Crippen MR) is 35.3 cm³/mol. The Hall–Kier alpha value is 0.380. The predicted octanol–water partition coefficient (Wildman–Crippen LogP) is -1.25. The van der Waals surface area contributed by atoms with E-state index in [4.69, 9.17) is 4.55 Å². The molecule has 7 heteroatoms. The SMILES string of the molecule is CC(=O)OCS(=O)(=O)O.[NaH]. The van der Waals surface area contributed by atoms with Gasteiger partial charge in [0.25, 0.3) is 0 Å². The molecule has 1 N–H and O–H groups in total. The van der Waals surface area contributed by atoms with E-state index in [1.165, 1.54) is 0 Å². The molecule has 0 saturated carbocycles. The van der Waals surface area contributed by atoms with E-state index in [-0.39, 0.29) is 29.6 Å². The van der Waals surface area contributed by atoms with Gasteiger partial charge in [0, 0.05) is 6.92 Å². The van der Waals surface area contributed by atoms with Crippen LogP contribution >= 0.6 is 0 Å². The van der Waals surface area contributed by atoms with E-state index in [0.29, 0.717) is 0 Å². The molecule has 0 aromatic carbocycles. The van der Waals surface area contributed by atoms with Gasteiger partial charge in [0.05, 0.1) is 0 Å². The first-order valence-electron chi connectivity index (χ1n) is 2.00. The third-order valence-corrected chi connectivity index (χ3v) is 0.827. The van der Waals surface area contributed by atoms with Gasteiger partial charge in [0.1, 0.15) is 0 Å². The molecule has 56 valence electrons.